The van der Waals surface area contributed by atoms with E-state index in [-0.39, 0.29) is 44.3 Å². The van der Waals surface area contributed by atoms with Gasteiger partial charge in [0.1, 0.15) is 0 Å². The van der Waals surface area contributed by atoms with Crippen molar-refractivity contribution in [2.45, 2.75) is 44.3 Å². The summed E-state index contributed by atoms with van der Waals surface area (Å²) in [5.41, 5.74) is 0.165. The van der Waals surface area contributed by atoms with Crippen molar-refractivity contribution in [3.8, 4) is 0 Å². The molecule has 1 saturated carbocycles. The van der Waals surface area contributed by atoms with E-state index in [1.807, 2.05) is 0 Å². The Morgan fingerprint density at radius 2 is 1.83 bits per heavy atom. The molecule has 30 heavy (non-hydrogen) atoms. The average molecular weight is 440 g/mol. The van der Waals surface area contributed by atoms with Crippen molar-refractivity contribution < 1.29 is 40.7 Å². The van der Waals surface area contributed by atoms with Crippen LogP contribution in [-0.4, -0.2) is 58.6 Å². The first kappa shape index (κ1) is 22.1. The molecule has 1 aromatic rings. The topological polar surface area (TPSA) is 84.4 Å². The third-order valence-corrected chi connectivity index (χ3v) is 5.41. The van der Waals surface area contributed by atoms with Gasteiger partial charge in [-0.3, -0.25) is 4.79 Å². The van der Waals surface area contributed by atoms with E-state index in [0.717, 1.165) is 4.90 Å². The van der Waals surface area contributed by atoms with Crippen LogP contribution in [0.25, 0.3) is 0 Å². The van der Waals surface area contributed by atoms with Crippen LogP contribution in [0.3, 0.4) is 0 Å². The number of hydrogen-bond donors (Lipinski definition) is 1. The second kappa shape index (κ2) is 7.91. The number of aromatic nitrogens is 2. The summed E-state index contributed by atoms with van der Waals surface area (Å²) in [6.07, 6.45) is -14.8. The summed E-state index contributed by atoms with van der Waals surface area (Å²) >= 11 is 0. The number of ether oxygens (including phenoxy) is 1. The Morgan fingerprint density at radius 1 is 1.20 bits per heavy atom. The highest BCUT2D eigenvalue weighted by atomic mass is 19.4. The molecule has 0 radical (unpaired) electrons. The smallest absolute Gasteiger partial charge is 0.426 e. The maximum atomic E-state index is 12.5. The Labute approximate surface area is 166 Å². The number of likely N-dealkylation sites (tertiary alicyclic amines) is 1. The first-order chi connectivity index (χ1) is 13.9. The zero-order valence-electron chi connectivity index (χ0n) is 15.5. The van der Waals surface area contributed by atoms with E-state index in [1.54, 1.807) is 12.1 Å². The number of nitrogens with one attached hydrogen (secondary N) is 1. The van der Waals surface area contributed by atoms with Gasteiger partial charge in [0.05, 0.1) is 12.2 Å². The van der Waals surface area contributed by atoms with Crippen LogP contribution >= 0.6 is 0 Å². The van der Waals surface area contributed by atoms with E-state index in [0.29, 0.717) is 12.1 Å². The molecule has 2 heterocycles. The zero-order valence-corrected chi connectivity index (χ0v) is 15.5. The highest BCUT2D eigenvalue weighted by Gasteiger charge is 2.61. The molecule has 2 fully saturated rings. The van der Waals surface area contributed by atoms with Crippen molar-refractivity contribution in [2.75, 3.05) is 13.1 Å². The Morgan fingerprint density at radius 3 is 2.37 bits per heavy atom. The minimum atomic E-state index is -5.76. The van der Waals surface area contributed by atoms with Gasteiger partial charge in [0.15, 0.2) is 0 Å². The fourth-order valence-corrected chi connectivity index (χ4v) is 3.63. The Hall–Kier alpha value is -2.60. The third kappa shape index (κ3) is 4.93. The van der Waals surface area contributed by atoms with E-state index in [1.165, 1.54) is 6.20 Å². The predicted octanol–water partition coefficient (Wildman–Crippen LogP) is 2.82. The molecule has 1 N–H and O–H groups in total. The number of piperidine rings is 1. The molecule has 2 amide bonds. The normalized spacial score (nSPS) is 20.9. The lowest BCUT2D eigenvalue weighted by Gasteiger charge is -2.33. The van der Waals surface area contributed by atoms with Gasteiger partial charge in [-0.1, -0.05) is 0 Å². The molecule has 1 saturated heterocycles. The number of amides is 2. The molecule has 1 aromatic heterocycles. The van der Waals surface area contributed by atoms with Crippen molar-refractivity contribution in [2.24, 2.45) is 11.3 Å². The summed E-state index contributed by atoms with van der Waals surface area (Å²) in [6, 6.07) is 3.36. The molecule has 1 atom stereocenters. The Kier molecular flexibility index (Phi) is 5.83. The van der Waals surface area contributed by atoms with Gasteiger partial charge in [-0.25, -0.2) is 4.79 Å². The quantitative estimate of drug-likeness (QED) is 0.728. The number of nitrogens with zero attached hydrogens (tertiary/aromatic N) is 3. The Bertz CT molecular complexity index is 764. The zero-order chi connectivity index (χ0) is 22.2. The lowest BCUT2D eigenvalue weighted by Crippen LogP contribution is -2.49. The number of halogens is 6. The van der Waals surface area contributed by atoms with Gasteiger partial charge in [0.25, 0.3) is 6.10 Å². The van der Waals surface area contributed by atoms with Crippen LogP contribution in [0.4, 0.5) is 31.1 Å². The van der Waals surface area contributed by atoms with Crippen molar-refractivity contribution in [1.29, 1.82) is 0 Å². The molecule has 1 spiro atoms. The largest absolute Gasteiger partial charge is 0.434 e. The van der Waals surface area contributed by atoms with Gasteiger partial charge in [0, 0.05) is 25.2 Å². The van der Waals surface area contributed by atoms with Crippen LogP contribution in [0.2, 0.25) is 0 Å². The summed E-state index contributed by atoms with van der Waals surface area (Å²) in [5, 5.41) is 10.3. The van der Waals surface area contributed by atoms with Crippen molar-refractivity contribution in [3.05, 3.63) is 24.0 Å². The van der Waals surface area contributed by atoms with E-state index >= 15 is 0 Å². The van der Waals surface area contributed by atoms with E-state index in [4.69, 9.17) is 0 Å². The average Bonchev–Trinajstić information content (AvgIpc) is 3.37. The molecule has 0 unspecified atom stereocenters. The van der Waals surface area contributed by atoms with Crippen molar-refractivity contribution in [3.63, 3.8) is 0 Å². The lowest BCUT2D eigenvalue weighted by molar-refractivity contribution is -0.308. The fraction of sp³-hybridized carbons (Fsp3) is 0.647. The highest BCUT2D eigenvalue weighted by molar-refractivity contribution is 5.82. The lowest BCUT2D eigenvalue weighted by atomic mass is 9.91. The monoisotopic (exact) mass is 440 g/mol. The first-order valence-corrected chi connectivity index (χ1v) is 9.06. The summed E-state index contributed by atoms with van der Waals surface area (Å²) in [7, 11) is 0. The number of carbonyl (C=O) groups is 2. The van der Waals surface area contributed by atoms with Crippen LogP contribution in [0.1, 0.15) is 25.0 Å². The van der Waals surface area contributed by atoms with E-state index in [9.17, 15) is 35.9 Å². The number of carbonyl (C=O) groups excluding carboxylic acids is 2. The SMILES string of the molecule is O=C(NCc1cccnn1)[C@H]1CC12CCN(C(=O)OC(C(F)(F)F)C(F)(F)F)CC2. The summed E-state index contributed by atoms with van der Waals surface area (Å²) < 4.78 is 79.0. The summed E-state index contributed by atoms with van der Waals surface area (Å²) in [4.78, 5) is 24.9. The number of alkyl halides is 6. The summed E-state index contributed by atoms with van der Waals surface area (Å²) in [6.45, 7) is 0.0123. The standard InChI is InChI=1S/C17H18F6N4O3/c18-16(19,20)13(17(21,22)23)30-14(29)27-6-3-15(4-7-27)8-11(15)12(28)24-9-10-2-1-5-25-26-10/h1-2,5,11,13H,3-4,6-9H2,(H,24,28)/t11-/m1/s1. The van der Waals surface area contributed by atoms with Gasteiger partial charge < -0.3 is 15.0 Å². The van der Waals surface area contributed by atoms with Crippen LogP contribution in [-0.2, 0) is 16.1 Å². The molecule has 13 heteroatoms. The maximum Gasteiger partial charge on any atom is 0.434 e. The molecule has 166 valence electrons. The minimum Gasteiger partial charge on any atom is -0.426 e. The molecule has 3 rings (SSSR count). The molecule has 1 aliphatic heterocycles. The number of rotatable bonds is 4. The van der Waals surface area contributed by atoms with Gasteiger partial charge in [-0.05, 0) is 36.8 Å². The van der Waals surface area contributed by atoms with E-state index < -0.39 is 30.0 Å². The molecule has 7 nitrogen and oxygen atoms in total. The van der Waals surface area contributed by atoms with Crippen LogP contribution in [0.5, 0.6) is 0 Å². The van der Waals surface area contributed by atoms with Gasteiger partial charge in [-0.15, -0.1) is 0 Å². The second-order valence-electron chi connectivity index (χ2n) is 7.39. The minimum absolute atomic E-state index is 0.0881. The maximum absolute atomic E-state index is 12.5. The fourth-order valence-electron chi connectivity index (χ4n) is 3.63. The first-order valence-electron chi connectivity index (χ1n) is 9.06. The van der Waals surface area contributed by atoms with Crippen LogP contribution in [0.15, 0.2) is 18.3 Å². The predicted molar refractivity (Wildman–Crippen MR) is 87.6 cm³/mol. The highest BCUT2D eigenvalue weighted by Crippen LogP contribution is 2.59. The molecule has 1 aliphatic carbocycles. The van der Waals surface area contributed by atoms with Crippen LogP contribution < -0.4 is 5.32 Å². The van der Waals surface area contributed by atoms with Crippen LogP contribution in [0, 0.1) is 11.3 Å². The Balaban J connectivity index is 1.49. The van der Waals surface area contributed by atoms with Gasteiger partial charge in [0.2, 0.25) is 5.91 Å². The van der Waals surface area contributed by atoms with E-state index in [2.05, 4.69) is 20.3 Å². The van der Waals surface area contributed by atoms with Gasteiger partial charge >= 0.3 is 18.4 Å². The van der Waals surface area contributed by atoms with Gasteiger partial charge in [-0.2, -0.15) is 36.5 Å². The van der Waals surface area contributed by atoms with Crippen molar-refractivity contribution >= 4 is 12.0 Å². The molecular weight excluding hydrogens is 422 g/mol. The number of hydrogen-bond acceptors (Lipinski definition) is 5. The summed E-state index contributed by atoms with van der Waals surface area (Å²) in [5.74, 6) is -0.545. The molecule has 0 aromatic carbocycles. The van der Waals surface area contributed by atoms with Crippen molar-refractivity contribution in [1.82, 2.24) is 20.4 Å². The molecular formula is C17H18F6N4O3. The third-order valence-electron chi connectivity index (χ3n) is 5.41. The molecule has 0 bridgehead atoms. The second-order valence-corrected chi connectivity index (χ2v) is 7.39. The molecule has 2 aliphatic rings.